The fourth-order valence-electron chi connectivity index (χ4n) is 0.983. The van der Waals surface area contributed by atoms with Gasteiger partial charge in [-0.1, -0.05) is 12.1 Å². The maximum absolute atomic E-state index is 3.68. The van der Waals surface area contributed by atoms with Crippen LogP contribution in [0.1, 0.15) is 11.1 Å². The molecule has 12 heavy (non-hydrogen) atoms. The molecular weight excluding hydrogens is 261 g/mol. The summed E-state index contributed by atoms with van der Waals surface area (Å²) in [7, 11) is 0. The van der Waals surface area contributed by atoms with Gasteiger partial charge in [0.25, 0.3) is 0 Å². The molecule has 0 saturated carbocycles. The molecule has 0 aliphatic heterocycles. The fraction of sp³-hybridized carbons (Fsp3) is 0.100. The average molecular weight is 271 g/mol. The number of halogens is 1. The molecule has 0 amide bonds. The lowest BCUT2D eigenvalue weighted by molar-refractivity contribution is 1.41. The van der Waals surface area contributed by atoms with Gasteiger partial charge in [0, 0.05) is 9.77 Å². The quantitative estimate of drug-likeness (QED) is 0.578. The lowest BCUT2D eigenvalue weighted by Crippen LogP contribution is -1.83. The van der Waals surface area contributed by atoms with E-state index < -0.39 is 0 Å². The van der Waals surface area contributed by atoms with Crippen molar-refractivity contribution in [2.24, 2.45) is 4.99 Å². The van der Waals surface area contributed by atoms with Crippen LogP contribution in [0.25, 0.3) is 6.08 Å². The zero-order valence-corrected chi connectivity index (χ0v) is 9.08. The van der Waals surface area contributed by atoms with Crippen LogP contribution in [-0.4, -0.2) is 6.72 Å². The molecule has 0 aliphatic rings. The molecule has 1 rings (SSSR count). The van der Waals surface area contributed by atoms with Crippen LogP contribution < -0.4 is 0 Å². The highest BCUT2D eigenvalue weighted by Gasteiger charge is 1.97. The van der Waals surface area contributed by atoms with E-state index in [1.165, 1.54) is 14.7 Å². The molecule has 0 fully saturated rings. The first-order chi connectivity index (χ1) is 5.75. The van der Waals surface area contributed by atoms with Gasteiger partial charge in [-0.25, -0.2) is 0 Å². The van der Waals surface area contributed by atoms with Crippen LogP contribution in [0.2, 0.25) is 0 Å². The van der Waals surface area contributed by atoms with Crippen molar-refractivity contribution in [1.29, 1.82) is 0 Å². The van der Waals surface area contributed by atoms with E-state index >= 15 is 0 Å². The third-order valence-corrected chi connectivity index (χ3v) is 2.56. The van der Waals surface area contributed by atoms with Gasteiger partial charge in [-0.3, -0.25) is 4.99 Å². The summed E-state index contributed by atoms with van der Waals surface area (Å²) >= 11 is 2.31. The Morgan fingerprint density at radius 3 is 2.83 bits per heavy atom. The second kappa shape index (κ2) is 4.40. The summed E-state index contributed by atoms with van der Waals surface area (Å²) in [6, 6.07) is 6.22. The minimum Gasteiger partial charge on any atom is -0.272 e. The van der Waals surface area contributed by atoms with E-state index in [2.05, 4.69) is 59.4 Å². The monoisotopic (exact) mass is 271 g/mol. The molecule has 0 radical (unpaired) electrons. The van der Waals surface area contributed by atoms with Crippen molar-refractivity contribution < 1.29 is 0 Å². The van der Waals surface area contributed by atoms with Crippen molar-refractivity contribution in [3.8, 4) is 0 Å². The number of rotatable bonds is 2. The molecule has 2 heteroatoms. The predicted molar refractivity (Wildman–Crippen MR) is 62.5 cm³/mol. The number of hydrogen-bond acceptors (Lipinski definition) is 1. The van der Waals surface area contributed by atoms with Crippen LogP contribution in [0.15, 0.2) is 29.4 Å². The summed E-state index contributed by atoms with van der Waals surface area (Å²) in [5.74, 6) is 0. The van der Waals surface area contributed by atoms with Gasteiger partial charge in [0.2, 0.25) is 0 Å². The Morgan fingerprint density at radius 2 is 2.25 bits per heavy atom. The molecule has 0 N–H and O–H groups in total. The minimum atomic E-state index is 1.23. The minimum absolute atomic E-state index is 1.23. The summed E-state index contributed by atoms with van der Waals surface area (Å²) in [5, 5.41) is 0. The van der Waals surface area contributed by atoms with Crippen molar-refractivity contribution in [1.82, 2.24) is 0 Å². The molecule has 0 unspecified atom stereocenters. The van der Waals surface area contributed by atoms with Crippen LogP contribution in [0, 0.1) is 10.5 Å². The topological polar surface area (TPSA) is 12.4 Å². The van der Waals surface area contributed by atoms with Gasteiger partial charge >= 0.3 is 0 Å². The van der Waals surface area contributed by atoms with E-state index in [0.29, 0.717) is 0 Å². The van der Waals surface area contributed by atoms with E-state index in [1.54, 1.807) is 6.20 Å². The largest absolute Gasteiger partial charge is 0.272 e. The Hall–Kier alpha value is -0.640. The molecular formula is C10H10IN. The van der Waals surface area contributed by atoms with E-state index in [1.807, 2.05) is 6.08 Å². The molecule has 1 nitrogen and oxygen atoms in total. The number of nitrogens with zero attached hydrogens (tertiary/aromatic N) is 1. The number of hydrogen-bond donors (Lipinski definition) is 0. The third-order valence-electron chi connectivity index (χ3n) is 1.62. The SMILES string of the molecule is C=N/C=C\c1c(C)cccc1I. The van der Waals surface area contributed by atoms with Gasteiger partial charge in [0.1, 0.15) is 0 Å². The van der Waals surface area contributed by atoms with Crippen LogP contribution >= 0.6 is 22.6 Å². The molecule has 0 heterocycles. The van der Waals surface area contributed by atoms with Gasteiger partial charge in [-0.15, -0.1) is 0 Å². The molecule has 0 aromatic heterocycles. The Balaban J connectivity index is 3.12. The molecule has 1 aromatic rings. The second-order valence-corrected chi connectivity index (χ2v) is 3.63. The van der Waals surface area contributed by atoms with E-state index in [0.717, 1.165) is 0 Å². The third kappa shape index (κ3) is 2.17. The lowest BCUT2D eigenvalue weighted by atomic mass is 10.1. The molecule has 0 aliphatic carbocycles. The van der Waals surface area contributed by atoms with E-state index in [9.17, 15) is 0 Å². The first-order valence-electron chi connectivity index (χ1n) is 3.63. The number of benzene rings is 1. The highest BCUT2D eigenvalue weighted by Crippen LogP contribution is 2.17. The van der Waals surface area contributed by atoms with E-state index in [-0.39, 0.29) is 0 Å². The van der Waals surface area contributed by atoms with Gasteiger partial charge in [-0.05, 0) is 59.5 Å². The summed E-state index contributed by atoms with van der Waals surface area (Å²) in [4.78, 5) is 3.68. The Morgan fingerprint density at radius 1 is 1.50 bits per heavy atom. The molecule has 0 bridgehead atoms. The van der Waals surface area contributed by atoms with Crippen molar-refractivity contribution >= 4 is 35.4 Å². The second-order valence-electron chi connectivity index (χ2n) is 2.47. The standard InChI is InChI=1S/C10H10IN/c1-8-4-3-5-10(11)9(8)6-7-12-2/h3-7H,2H2,1H3/b7-6-. The maximum Gasteiger partial charge on any atom is 0.0266 e. The van der Waals surface area contributed by atoms with Crippen LogP contribution in [0.3, 0.4) is 0 Å². The zero-order chi connectivity index (χ0) is 8.97. The molecule has 62 valence electrons. The normalized spacial score (nSPS) is 10.5. The summed E-state index contributed by atoms with van der Waals surface area (Å²) < 4.78 is 1.24. The lowest BCUT2D eigenvalue weighted by Gasteiger charge is -2.01. The number of aryl methyl sites for hydroxylation is 1. The maximum atomic E-state index is 3.68. The van der Waals surface area contributed by atoms with Crippen molar-refractivity contribution in [2.45, 2.75) is 6.92 Å². The fourth-order valence-corrected chi connectivity index (χ4v) is 1.80. The summed E-state index contributed by atoms with van der Waals surface area (Å²) in [6.45, 7) is 5.48. The van der Waals surface area contributed by atoms with Crippen molar-refractivity contribution in [3.63, 3.8) is 0 Å². The first kappa shape index (κ1) is 9.45. The average Bonchev–Trinajstić information content (AvgIpc) is 2.04. The Kier molecular flexibility index (Phi) is 3.47. The Labute approximate surface area is 86.4 Å². The van der Waals surface area contributed by atoms with Gasteiger partial charge in [0.15, 0.2) is 0 Å². The van der Waals surface area contributed by atoms with Gasteiger partial charge in [-0.2, -0.15) is 0 Å². The first-order valence-corrected chi connectivity index (χ1v) is 4.71. The van der Waals surface area contributed by atoms with Crippen molar-refractivity contribution in [3.05, 3.63) is 39.1 Å². The predicted octanol–water partition coefficient (Wildman–Crippen LogP) is 3.27. The van der Waals surface area contributed by atoms with Crippen LogP contribution in [0.4, 0.5) is 0 Å². The van der Waals surface area contributed by atoms with Crippen LogP contribution in [0.5, 0.6) is 0 Å². The highest BCUT2D eigenvalue weighted by atomic mass is 127. The zero-order valence-electron chi connectivity index (χ0n) is 6.92. The highest BCUT2D eigenvalue weighted by molar-refractivity contribution is 14.1. The molecule has 0 atom stereocenters. The summed E-state index contributed by atoms with van der Waals surface area (Å²) in [5.41, 5.74) is 2.49. The molecule has 1 aromatic carbocycles. The van der Waals surface area contributed by atoms with Gasteiger partial charge < -0.3 is 0 Å². The van der Waals surface area contributed by atoms with Crippen LogP contribution in [-0.2, 0) is 0 Å². The Bertz CT molecular complexity index is 295. The molecule has 0 saturated heterocycles. The smallest absolute Gasteiger partial charge is 0.0266 e. The van der Waals surface area contributed by atoms with Crippen molar-refractivity contribution in [2.75, 3.05) is 0 Å². The van der Waals surface area contributed by atoms with E-state index in [4.69, 9.17) is 0 Å². The number of aliphatic imine (C=N–C) groups is 1. The van der Waals surface area contributed by atoms with Gasteiger partial charge in [0.05, 0.1) is 0 Å². The summed E-state index contributed by atoms with van der Waals surface area (Å²) in [6.07, 6.45) is 3.69. The molecule has 0 spiro atoms.